The molecule has 0 aliphatic rings. The van der Waals surface area contributed by atoms with Gasteiger partial charge in [-0.2, -0.15) is 0 Å². The number of aromatic nitrogens is 2. The molecule has 1 radical (unpaired) electrons. The van der Waals surface area contributed by atoms with Crippen molar-refractivity contribution in [2.75, 3.05) is 14.2 Å². The van der Waals surface area contributed by atoms with Gasteiger partial charge in [-0.1, -0.05) is 47.9 Å². The Hall–Kier alpha value is -3.09. The first-order valence-electron chi connectivity index (χ1n) is 11.5. The summed E-state index contributed by atoms with van der Waals surface area (Å²) in [5.41, 5.74) is 3.57. The van der Waals surface area contributed by atoms with E-state index in [0.717, 1.165) is 55.3 Å². The van der Waals surface area contributed by atoms with Gasteiger partial charge in [0.25, 0.3) is 0 Å². The molecule has 0 aliphatic heterocycles. The Bertz CT molecular complexity index is 1450. The monoisotopic (exact) mass is 662 g/mol. The number of ether oxygens (including phenoxy) is 2. The fourth-order valence-electron chi connectivity index (χ4n) is 4.08. The van der Waals surface area contributed by atoms with Crippen LogP contribution in [0.1, 0.15) is 20.3 Å². The molecule has 5 aromatic rings. The molecule has 0 fully saturated rings. The quantitative estimate of drug-likeness (QED) is 0.190. The summed E-state index contributed by atoms with van der Waals surface area (Å²) in [4.78, 5) is 9.74. The second-order valence-corrected chi connectivity index (χ2v) is 8.49. The van der Waals surface area contributed by atoms with Crippen LogP contribution in [-0.2, 0) is 20.1 Å². The van der Waals surface area contributed by atoms with Crippen LogP contribution >= 0.6 is 0 Å². The number of aliphatic hydroxyl groups is 2. The van der Waals surface area contributed by atoms with Crippen LogP contribution in [0.15, 0.2) is 66.9 Å². The Labute approximate surface area is 224 Å². The molecule has 2 N–H and O–H groups in total. The molecule has 0 amide bonds. The zero-order valence-electron chi connectivity index (χ0n) is 20.7. The van der Waals surface area contributed by atoms with Gasteiger partial charge in [-0.25, -0.2) is 0 Å². The molecule has 36 heavy (non-hydrogen) atoms. The SMILES string of the molecule is CC(O)CC(C)O.COc1c[c-]c2c(c1)c1cc(OC)ccc1c1nc(-c3ccccc3)cnc21.[Ir]. The van der Waals surface area contributed by atoms with Crippen molar-refractivity contribution < 1.29 is 39.8 Å². The summed E-state index contributed by atoms with van der Waals surface area (Å²) in [5.74, 6) is 1.55. The van der Waals surface area contributed by atoms with Crippen molar-refractivity contribution in [3.63, 3.8) is 0 Å². The number of aliphatic hydroxyl groups excluding tert-OH is 2. The number of methoxy groups -OCH3 is 2. The maximum Gasteiger partial charge on any atom is 0.118 e. The van der Waals surface area contributed by atoms with Crippen LogP contribution in [0, 0.1) is 6.07 Å². The summed E-state index contributed by atoms with van der Waals surface area (Å²) in [6, 6.07) is 23.3. The van der Waals surface area contributed by atoms with Gasteiger partial charge in [0.1, 0.15) is 5.75 Å². The molecule has 2 unspecified atom stereocenters. The first-order chi connectivity index (χ1) is 16.9. The normalized spacial score (nSPS) is 12.4. The molecule has 2 atom stereocenters. The zero-order chi connectivity index (χ0) is 24.9. The predicted octanol–water partition coefficient (Wildman–Crippen LogP) is 5.56. The van der Waals surface area contributed by atoms with Crippen LogP contribution in [0.4, 0.5) is 0 Å². The third-order valence-electron chi connectivity index (χ3n) is 5.68. The molecule has 1 aromatic heterocycles. The van der Waals surface area contributed by atoms with Gasteiger partial charge in [0.15, 0.2) is 0 Å². The first-order valence-corrected chi connectivity index (χ1v) is 11.5. The van der Waals surface area contributed by atoms with Crippen molar-refractivity contribution >= 4 is 32.6 Å². The van der Waals surface area contributed by atoms with E-state index in [4.69, 9.17) is 29.7 Å². The number of nitrogens with zero attached hydrogens (tertiary/aromatic N) is 2. The van der Waals surface area contributed by atoms with Gasteiger partial charge in [0.05, 0.1) is 37.6 Å². The van der Waals surface area contributed by atoms with Crippen molar-refractivity contribution in [1.29, 1.82) is 0 Å². The number of hydrogen-bond donors (Lipinski definition) is 2. The number of fused-ring (bicyclic) bond motifs is 6. The first kappa shape index (κ1) is 27.5. The summed E-state index contributed by atoms with van der Waals surface area (Å²) < 4.78 is 10.9. The summed E-state index contributed by atoms with van der Waals surface area (Å²) in [6.07, 6.45) is 1.55. The van der Waals surface area contributed by atoms with Gasteiger partial charge in [-0.15, -0.1) is 17.5 Å². The molecule has 189 valence electrons. The summed E-state index contributed by atoms with van der Waals surface area (Å²) in [6.45, 7) is 3.32. The van der Waals surface area contributed by atoms with Crippen LogP contribution in [0.25, 0.3) is 43.8 Å². The van der Waals surface area contributed by atoms with Crippen molar-refractivity contribution in [2.45, 2.75) is 32.5 Å². The van der Waals surface area contributed by atoms with Crippen molar-refractivity contribution in [3.8, 4) is 22.8 Å². The van der Waals surface area contributed by atoms with E-state index in [-0.39, 0.29) is 32.3 Å². The Balaban J connectivity index is 0.000000400. The van der Waals surface area contributed by atoms with Crippen LogP contribution in [0.5, 0.6) is 11.5 Å². The maximum atomic E-state index is 8.56. The molecule has 0 spiro atoms. The molecule has 0 aliphatic carbocycles. The Morgan fingerprint density at radius 1 is 0.833 bits per heavy atom. The summed E-state index contributed by atoms with van der Waals surface area (Å²) in [5, 5.41) is 21.1. The maximum absolute atomic E-state index is 8.56. The minimum Gasteiger partial charge on any atom is -0.540 e. The molecule has 6 nitrogen and oxygen atoms in total. The Morgan fingerprint density at radius 3 is 2.11 bits per heavy atom. The predicted molar refractivity (Wildman–Crippen MR) is 140 cm³/mol. The Morgan fingerprint density at radius 2 is 1.50 bits per heavy atom. The van der Waals surface area contributed by atoms with Crippen molar-refractivity contribution in [1.82, 2.24) is 9.97 Å². The van der Waals surface area contributed by atoms with Crippen LogP contribution in [-0.4, -0.2) is 46.6 Å². The Kier molecular flexibility index (Phi) is 9.35. The molecule has 0 saturated heterocycles. The second kappa shape index (κ2) is 12.2. The van der Waals surface area contributed by atoms with E-state index in [1.165, 1.54) is 0 Å². The molecule has 5 rings (SSSR count). The van der Waals surface area contributed by atoms with E-state index in [2.05, 4.69) is 6.07 Å². The topological polar surface area (TPSA) is 84.7 Å². The van der Waals surface area contributed by atoms with E-state index in [0.29, 0.717) is 6.42 Å². The van der Waals surface area contributed by atoms with Crippen LogP contribution in [0.3, 0.4) is 0 Å². The summed E-state index contributed by atoms with van der Waals surface area (Å²) >= 11 is 0. The molecule has 0 bridgehead atoms. The third-order valence-corrected chi connectivity index (χ3v) is 5.68. The molecule has 7 heteroatoms. The molecule has 0 saturated carbocycles. The van der Waals surface area contributed by atoms with Gasteiger partial charge in [0, 0.05) is 43.1 Å². The van der Waals surface area contributed by atoms with Gasteiger partial charge >= 0.3 is 0 Å². The van der Waals surface area contributed by atoms with E-state index < -0.39 is 0 Å². The van der Waals surface area contributed by atoms with Crippen LogP contribution < -0.4 is 9.47 Å². The standard InChI is InChI=1S/C24H17N2O2.C5H12O2.Ir/c1-27-16-8-10-18-20(12-16)21-13-17(28-2)9-11-19(21)24-23(18)25-14-22(26-24)15-6-4-3-5-7-15;1-4(6)3-5(2)7;/h3-9,11-14H,1-2H3;4-7H,3H2,1-2H3;/q-1;;. The van der Waals surface area contributed by atoms with E-state index >= 15 is 0 Å². The molecular weight excluding hydrogens is 633 g/mol. The van der Waals surface area contributed by atoms with Gasteiger partial charge < -0.3 is 24.7 Å². The van der Waals surface area contributed by atoms with E-state index in [1.807, 2.05) is 66.9 Å². The largest absolute Gasteiger partial charge is 0.540 e. The average Bonchev–Trinajstić information content (AvgIpc) is 2.88. The fraction of sp³-hybridized carbons (Fsp3) is 0.241. The fourth-order valence-corrected chi connectivity index (χ4v) is 4.08. The minimum atomic E-state index is -0.375. The average molecular weight is 662 g/mol. The third kappa shape index (κ3) is 6.00. The van der Waals surface area contributed by atoms with Gasteiger partial charge in [-0.3, -0.25) is 4.98 Å². The molecular formula is C29H29IrN2O4-. The second-order valence-electron chi connectivity index (χ2n) is 8.49. The summed E-state index contributed by atoms with van der Waals surface area (Å²) in [7, 11) is 3.33. The van der Waals surface area contributed by atoms with Gasteiger partial charge in [-0.05, 0) is 43.2 Å². The van der Waals surface area contributed by atoms with E-state index in [9.17, 15) is 0 Å². The van der Waals surface area contributed by atoms with E-state index in [1.54, 1.807) is 28.1 Å². The minimum absolute atomic E-state index is 0. The van der Waals surface area contributed by atoms with Crippen molar-refractivity contribution in [2.24, 2.45) is 0 Å². The van der Waals surface area contributed by atoms with Crippen LogP contribution in [0.2, 0.25) is 0 Å². The van der Waals surface area contributed by atoms with Gasteiger partial charge in [0.2, 0.25) is 0 Å². The molecule has 4 aromatic carbocycles. The number of benzene rings is 4. The van der Waals surface area contributed by atoms with Crippen molar-refractivity contribution in [3.05, 3.63) is 72.9 Å². The molecule has 1 heterocycles. The number of rotatable bonds is 5. The zero-order valence-corrected chi connectivity index (χ0v) is 23.0. The number of hydrogen-bond acceptors (Lipinski definition) is 6. The smallest absolute Gasteiger partial charge is 0.118 e.